The Kier molecular flexibility index (Phi) is 4.94. The normalized spacial score (nSPS) is 19.3. The van der Waals surface area contributed by atoms with Crippen LogP contribution in [0.1, 0.15) is 37.9 Å². The van der Waals surface area contributed by atoms with Gasteiger partial charge in [0.1, 0.15) is 17.4 Å². The second-order valence-corrected chi connectivity index (χ2v) is 8.43. The van der Waals surface area contributed by atoms with E-state index in [0.717, 1.165) is 16.5 Å². The summed E-state index contributed by atoms with van der Waals surface area (Å²) >= 11 is 6.25. The van der Waals surface area contributed by atoms with Crippen molar-refractivity contribution >= 4 is 40.7 Å². The number of nitrogens with zero attached hydrogens (tertiary/aromatic N) is 3. The van der Waals surface area contributed by atoms with Gasteiger partial charge in [-0.25, -0.2) is 4.39 Å². The largest absolute Gasteiger partial charge is 0.300 e. The minimum Gasteiger partial charge on any atom is -0.300 e. The predicted octanol–water partition coefficient (Wildman–Crippen LogP) is 4.45. The maximum absolute atomic E-state index is 13.6. The van der Waals surface area contributed by atoms with Crippen LogP contribution >= 0.6 is 11.6 Å². The molecule has 2 heterocycles. The molecule has 0 spiro atoms. The van der Waals surface area contributed by atoms with Crippen LogP contribution in [0.25, 0.3) is 0 Å². The van der Waals surface area contributed by atoms with E-state index >= 15 is 0 Å². The third-order valence-corrected chi connectivity index (χ3v) is 6.52. The first-order chi connectivity index (χ1) is 16.2. The highest BCUT2D eigenvalue weighted by Gasteiger charge is 2.58. The van der Waals surface area contributed by atoms with Gasteiger partial charge in [-0.2, -0.15) is 0 Å². The third-order valence-electron chi connectivity index (χ3n) is 6.11. The average molecular weight is 480 g/mol. The lowest BCUT2D eigenvalue weighted by molar-refractivity contribution is -0.385. The summed E-state index contributed by atoms with van der Waals surface area (Å²) in [4.78, 5) is 52.6. The number of nitro groups is 1. The van der Waals surface area contributed by atoms with Gasteiger partial charge >= 0.3 is 0 Å². The van der Waals surface area contributed by atoms with Crippen LogP contribution in [0.5, 0.6) is 0 Å². The zero-order valence-electron chi connectivity index (χ0n) is 17.6. The summed E-state index contributed by atoms with van der Waals surface area (Å²) in [7, 11) is 0. The minimum absolute atomic E-state index is 0.137. The summed E-state index contributed by atoms with van der Waals surface area (Å²) in [6.07, 6.45) is 0. The molecule has 0 unspecified atom stereocenters. The first kappa shape index (κ1) is 21.7. The number of benzene rings is 3. The van der Waals surface area contributed by atoms with Crippen molar-refractivity contribution in [2.24, 2.45) is 0 Å². The molecule has 0 radical (unpaired) electrons. The van der Waals surface area contributed by atoms with Crippen molar-refractivity contribution in [3.8, 4) is 0 Å². The number of imide groups is 1. The van der Waals surface area contributed by atoms with Gasteiger partial charge in [0.2, 0.25) is 0 Å². The van der Waals surface area contributed by atoms with Gasteiger partial charge in [-0.05, 0) is 48.4 Å². The number of hydrogen-bond acceptors (Lipinski definition) is 5. The molecule has 3 aromatic carbocycles. The van der Waals surface area contributed by atoms with Crippen LogP contribution in [0.15, 0.2) is 60.7 Å². The van der Waals surface area contributed by atoms with Crippen molar-refractivity contribution in [1.29, 1.82) is 0 Å². The van der Waals surface area contributed by atoms with Crippen LogP contribution in [0.3, 0.4) is 0 Å². The molecule has 0 aromatic heterocycles. The van der Waals surface area contributed by atoms with Gasteiger partial charge in [0.25, 0.3) is 23.4 Å². The predicted molar refractivity (Wildman–Crippen MR) is 120 cm³/mol. The maximum atomic E-state index is 13.6. The van der Waals surface area contributed by atoms with Crippen LogP contribution in [-0.2, 0) is 4.79 Å². The zero-order valence-corrected chi connectivity index (χ0v) is 18.3. The molecule has 0 bridgehead atoms. The van der Waals surface area contributed by atoms with E-state index < -0.39 is 46.2 Å². The molecule has 0 saturated carbocycles. The molecule has 170 valence electrons. The standard InChI is InChI=1S/C24H15ClFN3O5/c1-12-5-10-15(11-17(12)25)27-20(13-6-8-14(26)9-7-13)21(24(27)32)28-22(30)16-3-2-4-18(29(33)34)19(16)23(28)31/h2-11,20-21H,1H3/t20-,21+/m0/s1. The van der Waals surface area contributed by atoms with Crippen LogP contribution < -0.4 is 4.90 Å². The molecule has 0 N–H and O–H groups in total. The second kappa shape index (κ2) is 7.74. The molecule has 1 fully saturated rings. The smallest absolute Gasteiger partial charge is 0.282 e. The SMILES string of the molecule is Cc1ccc(N2C(=O)[C@H](N3C(=O)c4cccc([N+](=O)[O-])c4C3=O)[C@@H]2c2ccc(F)cc2)cc1Cl. The minimum atomic E-state index is -1.27. The van der Waals surface area contributed by atoms with E-state index in [2.05, 4.69) is 0 Å². The molecule has 2 aliphatic heterocycles. The molecule has 2 aliphatic rings. The summed E-state index contributed by atoms with van der Waals surface area (Å²) < 4.78 is 13.6. The van der Waals surface area contributed by atoms with E-state index in [-0.39, 0.29) is 11.1 Å². The van der Waals surface area contributed by atoms with Crippen LogP contribution in [0, 0.1) is 22.9 Å². The fourth-order valence-electron chi connectivity index (χ4n) is 4.43. The van der Waals surface area contributed by atoms with Crippen molar-refractivity contribution in [2.75, 3.05) is 4.90 Å². The number of nitro benzene ring substituents is 1. The van der Waals surface area contributed by atoms with Gasteiger partial charge in [0, 0.05) is 16.8 Å². The van der Waals surface area contributed by atoms with Gasteiger partial charge in [0.15, 0.2) is 0 Å². The van der Waals surface area contributed by atoms with E-state index in [1.807, 2.05) is 0 Å². The molecule has 1 saturated heterocycles. The van der Waals surface area contributed by atoms with E-state index in [9.17, 15) is 28.9 Å². The fraction of sp³-hybridized carbons (Fsp3) is 0.125. The second-order valence-electron chi connectivity index (χ2n) is 8.02. The van der Waals surface area contributed by atoms with Gasteiger partial charge in [0.05, 0.1) is 16.5 Å². The number of hydrogen-bond donors (Lipinski definition) is 0. The van der Waals surface area contributed by atoms with Crippen LogP contribution in [0.4, 0.5) is 15.8 Å². The number of halogens is 2. The highest BCUT2D eigenvalue weighted by molar-refractivity contribution is 6.32. The molecule has 8 nitrogen and oxygen atoms in total. The van der Waals surface area contributed by atoms with E-state index in [1.165, 1.54) is 41.3 Å². The first-order valence-corrected chi connectivity index (χ1v) is 10.6. The van der Waals surface area contributed by atoms with Crippen molar-refractivity contribution in [2.45, 2.75) is 19.0 Å². The molecule has 34 heavy (non-hydrogen) atoms. The lowest BCUT2D eigenvalue weighted by Gasteiger charge is -2.49. The Balaban J connectivity index is 1.61. The van der Waals surface area contributed by atoms with Gasteiger partial charge in [-0.3, -0.25) is 29.4 Å². The van der Waals surface area contributed by atoms with Gasteiger partial charge < -0.3 is 4.90 Å². The Morgan fingerprint density at radius 1 is 0.941 bits per heavy atom. The van der Waals surface area contributed by atoms with Crippen molar-refractivity contribution in [3.05, 3.63) is 104 Å². The number of aryl methyl sites for hydroxylation is 1. The van der Waals surface area contributed by atoms with Gasteiger partial charge in [-0.15, -0.1) is 0 Å². The topological polar surface area (TPSA) is 101 Å². The quantitative estimate of drug-likeness (QED) is 0.238. The number of β-lactam (4-membered cyclic amide) rings is 1. The Morgan fingerprint density at radius 2 is 1.65 bits per heavy atom. The molecule has 5 rings (SSSR count). The lowest BCUT2D eigenvalue weighted by Crippen LogP contribution is -2.67. The van der Waals surface area contributed by atoms with Crippen molar-refractivity contribution < 1.29 is 23.7 Å². The first-order valence-electron chi connectivity index (χ1n) is 10.2. The zero-order chi connectivity index (χ0) is 24.3. The number of carbonyl (C=O) groups is 3. The molecular formula is C24H15ClFN3O5. The number of anilines is 1. The molecule has 0 aliphatic carbocycles. The maximum Gasteiger partial charge on any atom is 0.282 e. The summed E-state index contributed by atoms with van der Waals surface area (Å²) in [5, 5.41) is 11.9. The van der Waals surface area contributed by atoms with Crippen molar-refractivity contribution in [3.63, 3.8) is 0 Å². The lowest BCUT2D eigenvalue weighted by atomic mass is 9.86. The Labute approximate surface area is 197 Å². The Morgan fingerprint density at radius 3 is 2.29 bits per heavy atom. The van der Waals surface area contributed by atoms with E-state index in [1.54, 1.807) is 25.1 Å². The number of carbonyl (C=O) groups excluding carboxylic acids is 3. The number of amides is 3. The molecular weight excluding hydrogens is 465 g/mol. The summed E-state index contributed by atoms with van der Waals surface area (Å²) in [6, 6.07) is 12.0. The van der Waals surface area contributed by atoms with E-state index in [0.29, 0.717) is 16.3 Å². The summed E-state index contributed by atoms with van der Waals surface area (Å²) in [5.74, 6) is -2.77. The fourth-order valence-corrected chi connectivity index (χ4v) is 4.60. The Hall–Kier alpha value is -4.11. The third kappa shape index (κ3) is 3.08. The van der Waals surface area contributed by atoms with Crippen LogP contribution in [-0.4, -0.2) is 33.6 Å². The highest BCUT2D eigenvalue weighted by Crippen LogP contribution is 2.45. The van der Waals surface area contributed by atoms with Crippen LogP contribution in [0.2, 0.25) is 5.02 Å². The molecule has 3 amide bonds. The van der Waals surface area contributed by atoms with Gasteiger partial charge in [-0.1, -0.05) is 35.9 Å². The van der Waals surface area contributed by atoms with E-state index in [4.69, 9.17) is 11.6 Å². The molecule has 10 heteroatoms. The summed E-state index contributed by atoms with van der Waals surface area (Å²) in [6.45, 7) is 1.80. The highest BCUT2D eigenvalue weighted by atomic mass is 35.5. The Bertz CT molecular complexity index is 1410. The monoisotopic (exact) mass is 479 g/mol. The molecule has 3 aromatic rings. The number of fused-ring (bicyclic) bond motifs is 1. The average Bonchev–Trinajstić information content (AvgIpc) is 3.05. The van der Waals surface area contributed by atoms with Crippen molar-refractivity contribution in [1.82, 2.24) is 4.90 Å². The number of rotatable bonds is 4. The molecule has 2 atom stereocenters. The summed E-state index contributed by atoms with van der Waals surface area (Å²) in [5.41, 5.74) is 0.718.